The molecule has 2 atom stereocenters. The van der Waals surface area contributed by atoms with Crippen molar-refractivity contribution in [3.8, 4) is 5.69 Å². The van der Waals surface area contributed by atoms with E-state index in [9.17, 15) is 9.59 Å². The van der Waals surface area contributed by atoms with Gasteiger partial charge in [0.1, 0.15) is 0 Å². The van der Waals surface area contributed by atoms with Gasteiger partial charge < -0.3 is 10.1 Å². The highest BCUT2D eigenvalue weighted by molar-refractivity contribution is 5.95. The number of hydrogen-bond acceptors (Lipinski definition) is 4. The minimum atomic E-state index is -0.256. The van der Waals surface area contributed by atoms with E-state index in [2.05, 4.69) is 24.3 Å². The van der Waals surface area contributed by atoms with Crippen LogP contribution in [0.1, 0.15) is 73.3 Å². The number of amides is 1. The lowest BCUT2D eigenvalue weighted by molar-refractivity contribution is -0.150. The molecule has 0 saturated heterocycles. The molecule has 1 N–H and O–H groups in total. The molecule has 3 rings (SSSR count). The molecular weight excluding hydrogens is 378 g/mol. The minimum absolute atomic E-state index is 0.150. The molecule has 1 heterocycles. The molecule has 30 heavy (non-hydrogen) atoms. The Hall–Kier alpha value is -2.63. The van der Waals surface area contributed by atoms with E-state index in [0.29, 0.717) is 12.2 Å². The first-order chi connectivity index (χ1) is 14.5. The van der Waals surface area contributed by atoms with E-state index in [0.717, 1.165) is 55.6 Å². The average Bonchev–Trinajstić information content (AvgIpc) is 3.03. The third-order valence-electron chi connectivity index (χ3n) is 5.99. The highest BCUT2D eigenvalue weighted by Crippen LogP contribution is 2.26. The van der Waals surface area contributed by atoms with Crippen LogP contribution in [0.3, 0.4) is 0 Å². The van der Waals surface area contributed by atoms with Gasteiger partial charge in [0.05, 0.1) is 23.9 Å². The Morgan fingerprint density at radius 2 is 1.83 bits per heavy atom. The van der Waals surface area contributed by atoms with Crippen LogP contribution in [0.5, 0.6) is 0 Å². The van der Waals surface area contributed by atoms with Crippen molar-refractivity contribution in [3.63, 3.8) is 0 Å². The fraction of sp³-hybridized carbons (Fsp3) is 0.542. The molecule has 0 spiro atoms. The molecule has 1 aliphatic rings. The van der Waals surface area contributed by atoms with Crippen molar-refractivity contribution in [1.82, 2.24) is 15.1 Å². The van der Waals surface area contributed by atoms with Crippen LogP contribution in [-0.4, -0.2) is 34.3 Å². The van der Waals surface area contributed by atoms with E-state index in [1.807, 2.05) is 42.8 Å². The van der Waals surface area contributed by atoms with Crippen molar-refractivity contribution in [2.24, 2.45) is 5.92 Å². The van der Waals surface area contributed by atoms with Crippen LogP contribution in [0.25, 0.3) is 5.69 Å². The summed E-state index contributed by atoms with van der Waals surface area (Å²) in [5, 5.41) is 7.74. The summed E-state index contributed by atoms with van der Waals surface area (Å²) in [6, 6.07) is 7.32. The Morgan fingerprint density at radius 3 is 2.50 bits per heavy atom. The summed E-state index contributed by atoms with van der Waals surface area (Å²) in [5.74, 6) is -0.610. The molecule has 1 saturated carbocycles. The lowest BCUT2D eigenvalue weighted by atomic mass is 9.84. The second-order valence-electron chi connectivity index (χ2n) is 8.08. The summed E-state index contributed by atoms with van der Waals surface area (Å²) in [4.78, 5) is 25.1. The van der Waals surface area contributed by atoms with Gasteiger partial charge in [-0.3, -0.25) is 9.59 Å². The van der Waals surface area contributed by atoms with Gasteiger partial charge in [-0.25, -0.2) is 4.68 Å². The third kappa shape index (κ3) is 4.74. The van der Waals surface area contributed by atoms with Crippen LogP contribution in [0.15, 0.2) is 24.3 Å². The second kappa shape index (κ2) is 9.92. The summed E-state index contributed by atoms with van der Waals surface area (Å²) in [7, 11) is 0. The van der Waals surface area contributed by atoms with E-state index in [1.54, 1.807) is 0 Å². The van der Waals surface area contributed by atoms with Crippen LogP contribution in [0.4, 0.5) is 0 Å². The quantitative estimate of drug-likeness (QED) is 0.690. The highest BCUT2D eigenvalue weighted by Gasteiger charge is 2.33. The van der Waals surface area contributed by atoms with E-state index in [-0.39, 0.29) is 23.8 Å². The van der Waals surface area contributed by atoms with Crippen molar-refractivity contribution in [1.29, 1.82) is 0 Å². The summed E-state index contributed by atoms with van der Waals surface area (Å²) in [5.41, 5.74) is 5.02. The Kier molecular flexibility index (Phi) is 7.29. The number of aryl methyl sites for hydroxylation is 1. The Bertz CT molecular complexity index is 886. The van der Waals surface area contributed by atoms with Gasteiger partial charge in [0.15, 0.2) is 0 Å². The summed E-state index contributed by atoms with van der Waals surface area (Å²) in [6.07, 6.45) is 5.67. The minimum Gasteiger partial charge on any atom is -0.466 e. The standard InChI is InChI=1S/C24H33N3O3/c1-5-9-20-16(3)26-27(17(20)4)19-14-12-18(13-15-19)23(28)25-22-11-8-7-10-21(22)24(29)30-6-2/h12-15,21-22H,5-11H2,1-4H3,(H,25,28)/t21-,22+/m1/s1. The number of benzene rings is 1. The summed E-state index contributed by atoms with van der Waals surface area (Å²) in [6.45, 7) is 8.47. The first-order valence-corrected chi connectivity index (χ1v) is 11.1. The molecule has 6 nitrogen and oxygen atoms in total. The zero-order valence-corrected chi connectivity index (χ0v) is 18.5. The Balaban J connectivity index is 1.72. The molecule has 1 aliphatic carbocycles. The zero-order valence-electron chi connectivity index (χ0n) is 18.5. The number of nitrogens with zero attached hydrogens (tertiary/aromatic N) is 2. The number of aromatic nitrogens is 2. The molecule has 0 bridgehead atoms. The van der Waals surface area contributed by atoms with Crippen LogP contribution >= 0.6 is 0 Å². The predicted molar refractivity (Wildman–Crippen MR) is 117 cm³/mol. The molecular formula is C24H33N3O3. The lowest BCUT2D eigenvalue weighted by Crippen LogP contribution is -2.45. The van der Waals surface area contributed by atoms with Gasteiger partial charge in [-0.05, 0) is 69.9 Å². The van der Waals surface area contributed by atoms with Crippen molar-refractivity contribution in [2.45, 2.75) is 72.3 Å². The Labute approximate surface area is 179 Å². The SMILES string of the molecule is CCCc1c(C)nn(-c2ccc(C(=O)N[C@H]3CCCC[C@H]3C(=O)OCC)cc2)c1C. The van der Waals surface area contributed by atoms with E-state index < -0.39 is 0 Å². The maximum atomic E-state index is 12.8. The number of carbonyl (C=O) groups is 2. The maximum absolute atomic E-state index is 12.8. The van der Waals surface area contributed by atoms with Crippen molar-refractivity contribution in [2.75, 3.05) is 6.61 Å². The van der Waals surface area contributed by atoms with Gasteiger partial charge in [-0.1, -0.05) is 26.2 Å². The largest absolute Gasteiger partial charge is 0.466 e. The van der Waals surface area contributed by atoms with Gasteiger partial charge in [0.25, 0.3) is 5.91 Å². The van der Waals surface area contributed by atoms with Crippen molar-refractivity contribution >= 4 is 11.9 Å². The molecule has 2 aromatic rings. The normalized spacial score (nSPS) is 18.8. The van der Waals surface area contributed by atoms with Crippen molar-refractivity contribution in [3.05, 3.63) is 46.8 Å². The van der Waals surface area contributed by atoms with Crippen LogP contribution < -0.4 is 5.32 Å². The highest BCUT2D eigenvalue weighted by atomic mass is 16.5. The summed E-state index contributed by atoms with van der Waals surface area (Å²) < 4.78 is 7.15. The monoisotopic (exact) mass is 411 g/mol. The first-order valence-electron chi connectivity index (χ1n) is 11.1. The molecule has 6 heteroatoms. The average molecular weight is 412 g/mol. The lowest BCUT2D eigenvalue weighted by Gasteiger charge is -2.30. The van der Waals surface area contributed by atoms with Crippen LogP contribution in [0.2, 0.25) is 0 Å². The molecule has 162 valence electrons. The molecule has 1 aromatic heterocycles. The molecule has 0 radical (unpaired) electrons. The molecule has 0 aliphatic heterocycles. The van der Waals surface area contributed by atoms with Crippen molar-refractivity contribution < 1.29 is 14.3 Å². The number of ether oxygens (including phenoxy) is 1. The zero-order chi connectivity index (χ0) is 21.7. The number of nitrogens with one attached hydrogen (secondary N) is 1. The maximum Gasteiger partial charge on any atom is 0.311 e. The second-order valence-corrected chi connectivity index (χ2v) is 8.08. The van der Waals surface area contributed by atoms with Gasteiger partial charge in [-0.15, -0.1) is 0 Å². The smallest absolute Gasteiger partial charge is 0.311 e. The topological polar surface area (TPSA) is 73.2 Å². The molecule has 1 aromatic carbocycles. The van der Waals surface area contributed by atoms with Gasteiger partial charge in [0, 0.05) is 17.3 Å². The van der Waals surface area contributed by atoms with Gasteiger partial charge >= 0.3 is 5.97 Å². The fourth-order valence-corrected chi connectivity index (χ4v) is 4.38. The number of carbonyl (C=O) groups excluding carboxylic acids is 2. The molecule has 1 fully saturated rings. The number of esters is 1. The summed E-state index contributed by atoms with van der Waals surface area (Å²) >= 11 is 0. The van der Waals surface area contributed by atoms with Gasteiger partial charge in [-0.2, -0.15) is 5.10 Å². The first kappa shape index (κ1) is 22.1. The fourth-order valence-electron chi connectivity index (χ4n) is 4.38. The van der Waals surface area contributed by atoms with Crippen LogP contribution in [-0.2, 0) is 16.0 Å². The van der Waals surface area contributed by atoms with E-state index in [1.165, 1.54) is 5.56 Å². The third-order valence-corrected chi connectivity index (χ3v) is 5.99. The van der Waals surface area contributed by atoms with E-state index in [4.69, 9.17) is 4.74 Å². The molecule has 1 amide bonds. The number of rotatable bonds is 7. The van der Waals surface area contributed by atoms with Gasteiger partial charge in [0.2, 0.25) is 0 Å². The number of hydrogen-bond donors (Lipinski definition) is 1. The van der Waals surface area contributed by atoms with Crippen LogP contribution in [0, 0.1) is 19.8 Å². The Morgan fingerprint density at radius 1 is 1.13 bits per heavy atom. The predicted octanol–water partition coefficient (Wildman–Crippen LogP) is 4.29. The molecule has 0 unspecified atom stereocenters. The van der Waals surface area contributed by atoms with E-state index >= 15 is 0 Å².